The summed E-state index contributed by atoms with van der Waals surface area (Å²) in [4.78, 5) is 30.9. The topological polar surface area (TPSA) is 80.8 Å². The first-order valence-corrected chi connectivity index (χ1v) is 8.76. The van der Waals surface area contributed by atoms with Gasteiger partial charge in [0.15, 0.2) is 0 Å². The number of ether oxygens (including phenoxy) is 2. The monoisotopic (exact) mass is 371 g/mol. The maximum atomic E-state index is 12.6. The van der Waals surface area contributed by atoms with Crippen molar-refractivity contribution in [3.63, 3.8) is 0 Å². The maximum absolute atomic E-state index is 12.6. The Morgan fingerprint density at radius 2 is 1.85 bits per heavy atom. The fourth-order valence-corrected chi connectivity index (χ4v) is 2.46. The predicted molar refractivity (Wildman–Crippen MR) is 104 cm³/mol. The molecule has 144 valence electrons. The van der Waals surface area contributed by atoms with E-state index in [1.54, 1.807) is 55.5 Å². The van der Waals surface area contributed by atoms with Gasteiger partial charge in [0.2, 0.25) is 0 Å². The third kappa shape index (κ3) is 5.20. The zero-order chi connectivity index (χ0) is 19.8. The summed E-state index contributed by atoms with van der Waals surface area (Å²) in [5.41, 5.74) is 0.882. The van der Waals surface area contributed by atoms with Crippen LogP contribution in [-0.4, -0.2) is 49.5 Å². The second-order valence-corrected chi connectivity index (χ2v) is 6.01. The van der Waals surface area contributed by atoms with Gasteiger partial charge >= 0.3 is 0 Å². The number of methoxy groups -OCH3 is 2. The van der Waals surface area contributed by atoms with Gasteiger partial charge in [0.25, 0.3) is 11.8 Å². The van der Waals surface area contributed by atoms with E-state index in [0.29, 0.717) is 23.7 Å². The molecule has 0 aliphatic heterocycles. The Bertz CT molecular complexity index is 808. The van der Waals surface area contributed by atoms with Crippen LogP contribution in [0.5, 0.6) is 11.5 Å². The number of nitrogens with zero attached hydrogens (tertiary/aromatic N) is 2. The van der Waals surface area contributed by atoms with Gasteiger partial charge in [-0.05, 0) is 30.7 Å². The quantitative estimate of drug-likeness (QED) is 0.771. The summed E-state index contributed by atoms with van der Waals surface area (Å²) in [5.74, 6) is 0.448. The van der Waals surface area contributed by atoms with E-state index in [0.717, 1.165) is 12.8 Å². The lowest BCUT2D eigenvalue weighted by Crippen LogP contribution is -2.29. The molecule has 1 heterocycles. The lowest BCUT2D eigenvalue weighted by molar-refractivity contribution is 0.0787. The van der Waals surface area contributed by atoms with Crippen molar-refractivity contribution in [2.24, 2.45) is 0 Å². The Morgan fingerprint density at radius 3 is 2.52 bits per heavy atom. The summed E-state index contributed by atoms with van der Waals surface area (Å²) in [6.45, 7) is 2.71. The molecule has 1 aromatic heterocycles. The van der Waals surface area contributed by atoms with Crippen LogP contribution in [0, 0.1) is 0 Å². The minimum absolute atomic E-state index is 0.155. The summed E-state index contributed by atoms with van der Waals surface area (Å²) < 4.78 is 10.4. The van der Waals surface area contributed by atoms with Crippen molar-refractivity contribution in [2.45, 2.75) is 19.8 Å². The minimum Gasteiger partial charge on any atom is -0.497 e. The highest BCUT2D eigenvalue weighted by Gasteiger charge is 2.17. The molecule has 27 heavy (non-hydrogen) atoms. The Labute approximate surface area is 159 Å². The van der Waals surface area contributed by atoms with Gasteiger partial charge in [0.05, 0.1) is 19.9 Å². The van der Waals surface area contributed by atoms with Gasteiger partial charge in [-0.15, -0.1) is 0 Å². The smallest absolute Gasteiger partial charge is 0.274 e. The number of hydrogen-bond acceptors (Lipinski definition) is 5. The number of carbonyl (C=O) groups excluding carboxylic acids is 2. The molecule has 2 amide bonds. The SMILES string of the molecule is CCCCN(C)C(=O)c1cccc(C(=O)Nc2ccc(OC)cc2OC)n1. The molecule has 0 spiro atoms. The van der Waals surface area contributed by atoms with Crippen molar-refractivity contribution >= 4 is 17.5 Å². The number of anilines is 1. The molecule has 1 N–H and O–H groups in total. The molecule has 0 saturated carbocycles. The molecule has 0 fully saturated rings. The van der Waals surface area contributed by atoms with Crippen LogP contribution in [0.25, 0.3) is 0 Å². The number of hydrogen-bond donors (Lipinski definition) is 1. The van der Waals surface area contributed by atoms with Crippen molar-refractivity contribution in [3.05, 3.63) is 47.8 Å². The molecule has 0 aliphatic rings. The van der Waals surface area contributed by atoms with Crippen LogP contribution >= 0.6 is 0 Å². The van der Waals surface area contributed by atoms with Gasteiger partial charge in [-0.2, -0.15) is 0 Å². The molecule has 0 atom stereocenters. The van der Waals surface area contributed by atoms with Gasteiger partial charge in [0, 0.05) is 19.7 Å². The van der Waals surface area contributed by atoms with E-state index in [9.17, 15) is 9.59 Å². The van der Waals surface area contributed by atoms with Crippen LogP contribution in [-0.2, 0) is 0 Å². The number of nitrogens with one attached hydrogen (secondary N) is 1. The number of unbranched alkanes of at least 4 members (excludes halogenated alkanes) is 1. The zero-order valence-electron chi connectivity index (χ0n) is 16.1. The second kappa shape index (κ2) is 9.56. The van der Waals surface area contributed by atoms with Gasteiger partial charge in [-0.3, -0.25) is 9.59 Å². The standard InChI is InChI=1S/C20H25N3O4/c1-5-6-12-23(2)20(25)17-9-7-8-16(21-17)19(24)22-15-11-10-14(26-3)13-18(15)27-4/h7-11,13H,5-6,12H2,1-4H3,(H,22,24). The van der Waals surface area contributed by atoms with E-state index in [4.69, 9.17) is 9.47 Å². The van der Waals surface area contributed by atoms with E-state index in [1.807, 2.05) is 0 Å². The number of aromatic nitrogens is 1. The van der Waals surface area contributed by atoms with E-state index < -0.39 is 5.91 Å². The predicted octanol–water partition coefficient (Wildman–Crippen LogP) is 3.22. The van der Waals surface area contributed by atoms with Gasteiger partial charge in [-0.1, -0.05) is 19.4 Å². The van der Waals surface area contributed by atoms with Crippen LogP contribution in [0.15, 0.2) is 36.4 Å². The second-order valence-electron chi connectivity index (χ2n) is 6.01. The number of benzene rings is 1. The van der Waals surface area contributed by atoms with Crippen molar-refractivity contribution in [1.82, 2.24) is 9.88 Å². The molecule has 0 unspecified atom stereocenters. The zero-order valence-corrected chi connectivity index (χ0v) is 16.1. The average Bonchev–Trinajstić information content (AvgIpc) is 2.71. The minimum atomic E-state index is -0.427. The molecule has 0 saturated heterocycles. The average molecular weight is 371 g/mol. The summed E-state index contributed by atoms with van der Waals surface area (Å²) >= 11 is 0. The number of amides is 2. The molecule has 0 aliphatic carbocycles. The maximum Gasteiger partial charge on any atom is 0.274 e. The van der Waals surface area contributed by atoms with Crippen molar-refractivity contribution in [3.8, 4) is 11.5 Å². The van der Waals surface area contributed by atoms with E-state index >= 15 is 0 Å². The van der Waals surface area contributed by atoms with Crippen LogP contribution in [0.2, 0.25) is 0 Å². The van der Waals surface area contributed by atoms with Gasteiger partial charge in [-0.25, -0.2) is 4.98 Å². The summed E-state index contributed by atoms with van der Waals surface area (Å²) in [5, 5.41) is 2.75. The highest BCUT2D eigenvalue weighted by atomic mass is 16.5. The van der Waals surface area contributed by atoms with Crippen molar-refractivity contribution in [1.29, 1.82) is 0 Å². The number of rotatable bonds is 8. The first-order chi connectivity index (χ1) is 13.0. The molecule has 0 radical (unpaired) electrons. The largest absolute Gasteiger partial charge is 0.497 e. The van der Waals surface area contributed by atoms with Crippen LogP contribution in [0.1, 0.15) is 40.7 Å². The Balaban J connectivity index is 2.17. The molecule has 2 aromatic rings. The fraction of sp³-hybridized carbons (Fsp3) is 0.350. The molecule has 2 rings (SSSR count). The van der Waals surface area contributed by atoms with Crippen LogP contribution in [0.3, 0.4) is 0 Å². The van der Waals surface area contributed by atoms with Gasteiger partial charge < -0.3 is 19.7 Å². The first kappa shape index (κ1) is 20.2. The van der Waals surface area contributed by atoms with Gasteiger partial charge in [0.1, 0.15) is 22.9 Å². The summed E-state index contributed by atoms with van der Waals surface area (Å²) in [7, 11) is 4.79. The van der Waals surface area contributed by atoms with Crippen LogP contribution < -0.4 is 14.8 Å². The molecular formula is C20H25N3O4. The van der Waals surface area contributed by atoms with E-state index in [-0.39, 0.29) is 17.3 Å². The molecule has 0 bridgehead atoms. The number of carbonyl (C=O) groups is 2. The molecular weight excluding hydrogens is 346 g/mol. The van der Waals surface area contributed by atoms with Crippen molar-refractivity contribution < 1.29 is 19.1 Å². The highest BCUT2D eigenvalue weighted by Crippen LogP contribution is 2.29. The summed E-state index contributed by atoms with van der Waals surface area (Å²) in [6, 6.07) is 9.89. The third-order valence-corrected chi connectivity index (χ3v) is 4.05. The fourth-order valence-electron chi connectivity index (χ4n) is 2.46. The van der Waals surface area contributed by atoms with E-state index in [2.05, 4.69) is 17.2 Å². The Kier molecular flexibility index (Phi) is 7.16. The third-order valence-electron chi connectivity index (χ3n) is 4.05. The molecule has 1 aromatic carbocycles. The Morgan fingerprint density at radius 1 is 1.11 bits per heavy atom. The van der Waals surface area contributed by atoms with Crippen LogP contribution in [0.4, 0.5) is 5.69 Å². The molecule has 7 heteroatoms. The van der Waals surface area contributed by atoms with Crippen molar-refractivity contribution in [2.75, 3.05) is 33.1 Å². The lowest BCUT2D eigenvalue weighted by Gasteiger charge is -2.16. The summed E-state index contributed by atoms with van der Waals surface area (Å²) in [6.07, 6.45) is 1.91. The highest BCUT2D eigenvalue weighted by molar-refractivity contribution is 6.04. The normalized spacial score (nSPS) is 10.2. The first-order valence-electron chi connectivity index (χ1n) is 8.76. The lowest BCUT2D eigenvalue weighted by atomic mass is 10.2. The van der Waals surface area contributed by atoms with E-state index in [1.165, 1.54) is 7.11 Å². The number of pyridine rings is 1. The molecule has 7 nitrogen and oxygen atoms in total. The Hall–Kier alpha value is -3.09.